The molecule has 3 atom stereocenters. The molecule has 256 valence electrons. The SMILES string of the molecule is Cc1cn([C@H]2CC(OC(=O)OCc3cccc(Cl)c3[N+](=O)[O-])[C@@H](COC(c3ccccc3)(c3ccccc3)c3ccccc3)O2)c(=O)[nH]c1=O. The number of carbonyl (C=O) groups is 1. The summed E-state index contributed by atoms with van der Waals surface area (Å²) in [5, 5.41) is 11.5. The molecule has 6 rings (SSSR count). The number of hydrogen-bond acceptors (Lipinski definition) is 9. The van der Waals surface area contributed by atoms with Gasteiger partial charge in [0.15, 0.2) is 0 Å². The van der Waals surface area contributed by atoms with Gasteiger partial charge < -0.3 is 18.9 Å². The fraction of sp³-hybridized carbons (Fsp3) is 0.216. The van der Waals surface area contributed by atoms with Crippen molar-refractivity contribution in [3.8, 4) is 0 Å². The van der Waals surface area contributed by atoms with Crippen molar-refractivity contribution in [3.63, 3.8) is 0 Å². The highest BCUT2D eigenvalue weighted by Gasteiger charge is 2.44. The molecular weight excluding hydrogens is 666 g/mol. The first-order chi connectivity index (χ1) is 24.2. The van der Waals surface area contributed by atoms with Gasteiger partial charge in [0.05, 0.1) is 17.1 Å². The quantitative estimate of drug-likeness (QED) is 0.0713. The summed E-state index contributed by atoms with van der Waals surface area (Å²) in [4.78, 5) is 51.3. The second-order valence-corrected chi connectivity index (χ2v) is 12.0. The van der Waals surface area contributed by atoms with E-state index in [1.165, 1.54) is 29.0 Å². The van der Waals surface area contributed by atoms with Gasteiger partial charge in [-0.05, 0) is 35.7 Å². The van der Waals surface area contributed by atoms with E-state index in [2.05, 4.69) is 4.98 Å². The first-order valence-corrected chi connectivity index (χ1v) is 16.1. The van der Waals surface area contributed by atoms with Crippen molar-refractivity contribution in [3.05, 3.63) is 179 Å². The summed E-state index contributed by atoms with van der Waals surface area (Å²) in [7, 11) is 0. The van der Waals surface area contributed by atoms with E-state index in [1.54, 1.807) is 6.92 Å². The summed E-state index contributed by atoms with van der Waals surface area (Å²) in [5.74, 6) is 0. The van der Waals surface area contributed by atoms with E-state index in [0.29, 0.717) is 0 Å². The van der Waals surface area contributed by atoms with Gasteiger partial charge in [-0.25, -0.2) is 9.59 Å². The van der Waals surface area contributed by atoms with Crippen LogP contribution in [0, 0.1) is 17.0 Å². The van der Waals surface area contributed by atoms with Crippen molar-refractivity contribution in [1.29, 1.82) is 0 Å². The molecule has 12 nitrogen and oxygen atoms in total. The predicted octanol–water partition coefficient (Wildman–Crippen LogP) is 6.42. The number of H-pyrrole nitrogens is 1. The van der Waals surface area contributed by atoms with Gasteiger partial charge >= 0.3 is 11.8 Å². The van der Waals surface area contributed by atoms with Gasteiger partial charge in [0.25, 0.3) is 11.2 Å². The number of nitrogens with one attached hydrogen (secondary N) is 1. The van der Waals surface area contributed by atoms with Crippen LogP contribution in [0.25, 0.3) is 0 Å². The lowest BCUT2D eigenvalue weighted by Gasteiger charge is -2.37. The number of para-hydroxylation sites is 1. The monoisotopic (exact) mass is 697 g/mol. The molecule has 1 N–H and O–H groups in total. The van der Waals surface area contributed by atoms with Crippen LogP contribution in [-0.2, 0) is 31.2 Å². The second-order valence-electron chi connectivity index (χ2n) is 11.6. The molecule has 50 heavy (non-hydrogen) atoms. The van der Waals surface area contributed by atoms with Crippen LogP contribution in [0.1, 0.15) is 40.5 Å². The maximum atomic E-state index is 13.1. The molecular formula is C37H32ClN3O9. The Bertz CT molecular complexity index is 1990. The zero-order valence-corrected chi connectivity index (χ0v) is 27.5. The number of rotatable bonds is 11. The summed E-state index contributed by atoms with van der Waals surface area (Å²) in [6.07, 6.45) is -2.61. The fourth-order valence-corrected chi connectivity index (χ4v) is 6.36. The van der Waals surface area contributed by atoms with Crippen LogP contribution in [-0.4, -0.2) is 39.4 Å². The van der Waals surface area contributed by atoms with Crippen LogP contribution in [0.5, 0.6) is 0 Å². The van der Waals surface area contributed by atoms with Gasteiger partial charge in [0.2, 0.25) is 0 Å². The van der Waals surface area contributed by atoms with Crippen LogP contribution >= 0.6 is 11.6 Å². The van der Waals surface area contributed by atoms with E-state index in [9.17, 15) is 24.5 Å². The highest BCUT2D eigenvalue weighted by molar-refractivity contribution is 6.32. The molecule has 1 aromatic heterocycles. The minimum absolute atomic E-state index is 0.000834. The lowest BCUT2D eigenvalue weighted by Crippen LogP contribution is -2.39. The standard InChI is InChI=1S/C37H32ClN3O9/c1-24-21-40(35(43)39-34(24)42)32-20-30(50-36(44)47-22-25-12-11-19-29(38)33(25)41(45)46)31(49-32)23-48-37(26-13-5-2-6-14-26,27-15-7-3-8-16-27)28-17-9-4-10-18-28/h2-19,21,30-32H,20,22-23H2,1H3,(H,39,42,43)/t30?,31-,32-/m1/s1. The number of aromatic nitrogens is 2. The Morgan fingerprint density at radius 2 is 1.52 bits per heavy atom. The number of nitro benzene ring substituents is 1. The maximum Gasteiger partial charge on any atom is 0.508 e. The van der Waals surface area contributed by atoms with Gasteiger partial charge in [0.1, 0.15) is 35.7 Å². The Hall–Kier alpha value is -5.56. The topological polar surface area (TPSA) is 152 Å². The van der Waals surface area contributed by atoms with Gasteiger partial charge in [0, 0.05) is 18.2 Å². The number of aromatic amines is 1. The van der Waals surface area contributed by atoms with Crippen molar-refractivity contribution in [2.75, 3.05) is 6.61 Å². The number of aryl methyl sites for hydroxylation is 1. The lowest BCUT2D eigenvalue weighted by atomic mass is 9.80. The molecule has 2 heterocycles. The number of nitrogens with zero attached hydrogens (tertiary/aromatic N) is 2. The molecule has 1 unspecified atom stereocenters. The summed E-state index contributed by atoms with van der Waals surface area (Å²) in [6, 6.07) is 33.3. The predicted molar refractivity (Wildman–Crippen MR) is 183 cm³/mol. The average Bonchev–Trinajstić information content (AvgIpc) is 3.52. The molecule has 0 aliphatic carbocycles. The van der Waals surface area contributed by atoms with E-state index < -0.39 is 53.0 Å². The molecule has 0 saturated carbocycles. The first kappa shape index (κ1) is 34.3. The van der Waals surface area contributed by atoms with Gasteiger partial charge in [-0.2, -0.15) is 0 Å². The van der Waals surface area contributed by atoms with Crippen LogP contribution in [0.3, 0.4) is 0 Å². The van der Waals surface area contributed by atoms with Crippen LogP contribution in [0.15, 0.2) is 125 Å². The largest absolute Gasteiger partial charge is 0.508 e. The molecule has 13 heteroatoms. The van der Waals surface area contributed by atoms with Crippen molar-refractivity contribution < 1.29 is 28.7 Å². The molecule has 0 spiro atoms. The minimum atomic E-state index is -1.13. The van der Waals surface area contributed by atoms with E-state index in [0.717, 1.165) is 16.7 Å². The highest BCUT2D eigenvalue weighted by Crippen LogP contribution is 2.42. The van der Waals surface area contributed by atoms with Crippen molar-refractivity contribution in [1.82, 2.24) is 9.55 Å². The van der Waals surface area contributed by atoms with Gasteiger partial charge in [-0.1, -0.05) is 109 Å². The summed E-state index contributed by atoms with van der Waals surface area (Å²) >= 11 is 6.01. The summed E-state index contributed by atoms with van der Waals surface area (Å²) in [5.41, 5.74) is 0.107. The Morgan fingerprint density at radius 1 is 0.940 bits per heavy atom. The number of nitro groups is 1. The molecule has 0 amide bonds. The fourth-order valence-electron chi connectivity index (χ4n) is 6.10. The van der Waals surface area contributed by atoms with Gasteiger partial charge in [-0.3, -0.25) is 24.5 Å². The zero-order chi connectivity index (χ0) is 35.3. The maximum absolute atomic E-state index is 13.1. The number of halogens is 1. The molecule has 1 aliphatic heterocycles. The summed E-state index contributed by atoms with van der Waals surface area (Å²) < 4.78 is 25.6. The van der Waals surface area contributed by atoms with E-state index in [4.69, 9.17) is 30.5 Å². The van der Waals surface area contributed by atoms with Crippen LogP contribution in [0.4, 0.5) is 10.5 Å². The third-order valence-corrected chi connectivity index (χ3v) is 8.79. The molecule has 0 bridgehead atoms. The Labute approximate surface area is 290 Å². The minimum Gasteiger partial charge on any atom is -0.429 e. The molecule has 4 aromatic carbocycles. The zero-order valence-electron chi connectivity index (χ0n) is 26.8. The third kappa shape index (κ3) is 7.08. The highest BCUT2D eigenvalue weighted by atomic mass is 35.5. The molecule has 1 aliphatic rings. The molecule has 1 saturated heterocycles. The van der Waals surface area contributed by atoms with Crippen LogP contribution in [0.2, 0.25) is 5.02 Å². The molecule has 0 radical (unpaired) electrons. The van der Waals surface area contributed by atoms with Gasteiger partial charge in [-0.15, -0.1) is 0 Å². The third-order valence-electron chi connectivity index (χ3n) is 8.49. The van der Waals surface area contributed by atoms with Crippen molar-refractivity contribution in [2.45, 2.75) is 44.0 Å². The lowest BCUT2D eigenvalue weighted by molar-refractivity contribution is -0.385. The molecule has 1 fully saturated rings. The number of carbonyl (C=O) groups excluding carboxylic acids is 1. The Balaban J connectivity index is 1.32. The van der Waals surface area contributed by atoms with Crippen molar-refractivity contribution >= 4 is 23.4 Å². The Morgan fingerprint density at radius 3 is 2.08 bits per heavy atom. The summed E-state index contributed by atoms with van der Waals surface area (Å²) in [6.45, 7) is 0.953. The average molecular weight is 698 g/mol. The first-order valence-electron chi connectivity index (χ1n) is 15.7. The normalized spacial score (nSPS) is 17.3. The number of ether oxygens (including phenoxy) is 4. The van der Waals surface area contributed by atoms with Crippen molar-refractivity contribution in [2.24, 2.45) is 0 Å². The van der Waals surface area contributed by atoms with Crippen LogP contribution < -0.4 is 11.2 Å². The molecule has 5 aromatic rings. The van der Waals surface area contributed by atoms with E-state index in [-0.39, 0.29) is 34.9 Å². The van der Waals surface area contributed by atoms with E-state index >= 15 is 0 Å². The smallest absolute Gasteiger partial charge is 0.429 e. The second kappa shape index (κ2) is 14.9. The Kier molecular flexibility index (Phi) is 10.2. The van der Waals surface area contributed by atoms with E-state index in [1.807, 2.05) is 91.0 Å². The number of hydrogen-bond donors (Lipinski definition) is 1. The number of benzene rings is 4.